The number of esters is 1. The number of benzene rings is 1. The first-order chi connectivity index (χ1) is 19.0. The molecule has 4 aliphatic rings. The van der Waals surface area contributed by atoms with Gasteiger partial charge < -0.3 is 9.84 Å². The fourth-order valence-corrected chi connectivity index (χ4v) is 8.09. The van der Waals surface area contributed by atoms with Gasteiger partial charge in [0.05, 0.1) is 5.92 Å². The third kappa shape index (κ3) is 4.57. The number of hydrogen-bond acceptors (Lipinski definition) is 4. The van der Waals surface area contributed by atoms with E-state index in [0.717, 1.165) is 27.8 Å². The predicted molar refractivity (Wildman–Crippen MR) is 142 cm³/mol. The van der Waals surface area contributed by atoms with Crippen LogP contribution in [-0.4, -0.2) is 34.6 Å². The number of alkyl halides is 5. The van der Waals surface area contributed by atoms with Crippen LogP contribution >= 0.6 is 0 Å². The Kier molecular flexibility index (Phi) is 7.32. The van der Waals surface area contributed by atoms with Gasteiger partial charge in [-0.25, -0.2) is 0 Å². The van der Waals surface area contributed by atoms with Crippen LogP contribution in [0.5, 0.6) is 0 Å². The first-order valence-electron chi connectivity index (χ1n) is 14.5. The number of aliphatic hydroxyl groups is 1. The molecule has 1 aromatic carbocycles. The van der Waals surface area contributed by atoms with Crippen LogP contribution in [0.15, 0.2) is 47.1 Å². The van der Waals surface area contributed by atoms with Crippen molar-refractivity contribution in [2.45, 2.75) is 102 Å². The summed E-state index contributed by atoms with van der Waals surface area (Å²) in [5.74, 6) is -7.21. The minimum Gasteiger partial charge on any atom is -0.458 e. The van der Waals surface area contributed by atoms with Crippen molar-refractivity contribution in [2.75, 3.05) is 0 Å². The normalized spacial score (nSPS) is 32.7. The Bertz CT molecular complexity index is 1290. The molecule has 0 saturated heterocycles. The van der Waals surface area contributed by atoms with Gasteiger partial charge in [-0.15, -0.1) is 0 Å². The molecule has 0 radical (unpaired) electrons. The quantitative estimate of drug-likeness (QED) is 0.286. The molecule has 41 heavy (non-hydrogen) atoms. The summed E-state index contributed by atoms with van der Waals surface area (Å²) in [4.78, 5) is 24.3. The summed E-state index contributed by atoms with van der Waals surface area (Å²) >= 11 is 0. The van der Waals surface area contributed by atoms with Crippen LogP contribution in [0.3, 0.4) is 0 Å². The highest BCUT2D eigenvalue weighted by Gasteiger charge is 2.79. The molecule has 0 amide bonds. The van der Waals surface area contributed by atoms with E-state index in [-0.39, 0.29) is 36.4 Å². The Morgan fingerprint density at radius 1 is 1.02 bits per heavy atom. The van der Waals surface area contributed by atoms with Gasteiger partial charge in [-0.05, 0) is 85.6 Å². The molecule has 4 aliphatic carbocycles. The van der Waals surface area contributed by atoms with E-state index in [1.165, 1.54) is 6.92 Å². The zero-order chi connectivity index (χ0) is 30.1. The maximum atomic E-state index is 15.1. The van der Waals surface area contributed by atoms with Gasteiger partial charge in [-0.1, -0.05) is 50.6 Å². The van der Waals surface area contributed by atoms with Gasteiger partial charge in [0.1, 0.15) is 11.7 Å². The Morgan fingerprint density at radius 3 is 2.29 bits per heavy atom. The van der Waals surface area contributed by atoms with Crippen molar-refractivity contribution in [3.05, 3.63) is 58.2 Å². The molecular formula is C32H37F5O4. The van der Waals surface area contributed by atoms with Crippen LogP contribution in [0.4, 0.5) is 22.0 Å². The second-order valence-electron chi connectivity index (χ2n) is 12.9. The van der Waals surface area contributed by atoms with Crippen molar-refractivity contribution in [1.82, 2.24) is 0 Å². The Balaban J connectivity index is 1.60. The fourth-order valence-electron chi connectivity index (χ4n) is 8.09. The molecule has 224 valence electrons. The minimum absolute atomic E-state index is 0.0364. The number of halogens is 5. The lowest BCUT2D eigenvalue weighted by Gasteiger charge is -2.56. The number of hydrogen-bond donors (Lipinski definition) is 1. The van der Waals surface area contributed by atoms with E-state index >= 15 is 8.78 Å². The standard InChI is InChI=1S/C32H37F5O4/c1-17(2)28(39)41-18(3)19-5-7-20(8-6-19)25-16-29(4)26(13-14-30(29,40)31(33,34)32(35,36)37)24-11-9-21-15-22(38)10-12-23(21)27(24)25/h5-8,15,17-18,24-26,40H,9-14,16H2,1-4H3/t18?,24-,25+,26-,29-,30-/m0/s1. The van der Waals surface area contributed by atoms with E-state index in [1.807, 2.05) is 12.1 Å². The lowest BCUT2D eigenvalue weighted by atomic mass is 9.50. The molecule has 2 saturated carbocycles. The number of ether oxygens (including phenoxy) is 1. The number of ketones is 1. The van der Waals surface area contributed by atoms with E-state index in [9.17, 15) is 27.9 Å². The molecule has 0 aliphatic heterocycles. The van der Waals surface area contributed by atoms with Gasteiger partial charge in [0.15, 0.2) is 5.78 Å². The van der Waals surface area contributed by atoms with Crippen LogP contribution in [0.2, 0.25) is 0 Å². The van der Waals surface area contributed by atoms with E-state index in [2.05, 4.69) is 0 Å². The van der Waals surface area contributed by atoms with Crippen LogP contribution in [0, 0.1) is 23.2 Å². The highest BCUT2D eigenvalue weighted by atomic mass is 19.4. The van der Waals surface area contributed by atoms with Crippen molar-refractivity contribution in [2.24, 2.45) is 23.2 Å². The molecule has 4 nitrogen and oxygen atoms in total. The van der Waals surface area contributed by atoms with Gasteiger partial charge in [0, 0.05) is 17.8 Å². The molecule has 6 atom stereocenters. The number of carbonyl (C=O) groups is 2. The van der Waals surface area contributed by atoms with Crippen molar-refractivity contribution < 1.29 is 41.4 Å². The van der Waals surface area contributed by atoms with Gasteiger partial charge >= 0.3 is 18.1 Å². The average molecular weight is 581 g/mol. The summed E-state index contributed by atoms with van der Waals surface area (Å²) in [6, 6.07) is 7.21. The van der Waals surface area contributed by atoms with E-state index in [1.54, 1.807) is 39.0 Å². The highest BCUT2D eigenvalue weighted by molar-refractivity contribution is 5.93. The summed E-state index contributed by atoms with van der Waals surface area (Å²) in [6.07, 6.45) is -3.46. The van der Waals surface area contributed by atoms with Gasteiger partial charge in [-0.2, -0.15) is 22.0 Å². The van der Waals surface area contributed by atoms with Crippen molar-refractivity contribution in [3.8, 4) is 0 Å². The van der Waals surface area contributed by atoms with Gasteiger partial charge in [-0.3, -0.25) is 9.59 Å². The summed E-state index contributed by atoms with van der Waals surface area (Å²) in [7, 11) is 0. The molecular weight excluding hydrogens is 543 g/mol. The van der Waals surface area contributed by atoms with Crippen molar-refractivity contribution in [3.63, 3.8) is 0 Å². The van der Waals surface area contributed by atoms with Crippen molar-refractivity contribution in [1.29, 1.82) is 0 Å². The lowest BCUT2D eigenvalue weighted by Crippen LogP contribution is -2.65. The molecule has 0 bridgehead atoms. The molecule has 0 spiro atoms. The zero-order valence-corrected chi connectivity index (χ0v) is 23.8. The maximum absolute atomic E-state index is 15.1. The first-order valence-corrected chi connectivity index (χ1v) is 14.5. The number of fused-ring (bicyclic) bond motifs is 4. The second-order valence-corrected chi connectivity index (χ2v) is 12.9. The number of carbonyl (C=O) groups excluding carboxylic acids is 2. The molecule has 0 heterocycles. The molecule has 2 fully saturated rings. The third-order valence-corrected chi connectivity index (χ3v) is 10.3. The van der Waals surface area contributed by atoms with Crippen LogP contribution in [-0.2, 0) is 14.3 Å². The van der Waals surface area contributed by atoms with E-state index in [4.69, 9.17) is 4.74 Å². The zero-order valence-electron chi connectivity index (χ0n) is 23.8. The molecule has 1 aromatic rings. The SMILES string of the molecule is CC(C)C(=O)OC(C)c1ccc([C@H]2C[C@@]3(C)[C@@H](CC[C@@]3(O)C(F)(F)C(F)(F)F)[C@@H]3CCC4=CC(=O)CCC4=C32)cc1. The average Bonchev–Trinajstić information content (AvgIpc) is 3.18. The van der Waals surface area contributed by atoms with E-state index in [0.29, 0.717) is 25.7 Å². The number of allylic oxidation sites excluding steroid dienone is 4. The second kappa shape index (κ2) is 10.0. The molecule has 1 unspecified atom stereocenters. The molecule has 0 aromatic heterocycles. The van der Waals surface area contributed by atoms with Crippen LogP contribution in [0.1, 0.15) is 95.8 Å². The lowest BCUT2D eigenvalue weighted by molar-refractivity contribution is -0.362. The maximum Gasteiger partial charge on any atom is 0.456 e. The van der Waals surface area contributed by atoms with Gasteiger partial charge in [0.25, 0.3) is 0 Å². The van der Waals surface area contributed by atoms with E-state index < -0.39 is 47.5 Å². The van der Waals surface area contributed by atoms with Crippen LogP contribution < -0.4 is 0 Å². The minimum atomic E-state index is -5.88. The molecule has 1 N–H and O–H groups in total. The summed E-state index contributed by atoms with van der Waals surface area (Å²) in [6.45, 7) is 6.63. The predicted octanol–water partition coefficient (Wildman–Crippen LogP) is 7.78. The monoisotopic (exact) mass is 580 g/mol. The fraction of sp³-hybridized carbons (Fsp3) is 0.625. The molecule has 9 heteroatoms. The topological polar surface area (TPSA) is 63.6 Å². The van der Waals surface area contributed by atoms with Crippen LogP contribution in [0.25, 0.3) is 0 Å². The smallest absolute Gasteiger partial charge is 0.456 e. The third-order valence-electron chi connectivity index (χ3n) is 10.3. The first kappa shape index (κ1) is 29.9. The summed E-state index contributed by atoms with van der Waals surface area (Å²) in [5, 5.41) is 11.4. The Labute approximate surface area is 237 Å². The Hall–Kier alpha value is -2.55. The highest BCUT2D eigenvalue weighted by Crippen LogP contribution is 2.70. The Morgan fingerprint density at radius 2 is 1.68 bits per heavy atom. The van der Waals surface area contributed by atoms with Crippen molar-refractivity contribution >= 4 is 11.8 Å². The largest absolute Gasteiger partial charge is 0.458 e. The summed E-state index contributed by atoms with van der Waals surface area (Å²) in [5.41, 5.74) is -0.499. The molecule has 5 rings (SSSR count). The summed E-state index contributed by atoms with van der Waals surface area (Å²) < 4.78 is 77.0. The number of rotatable bonds is 5. The van der Waals surface area contributed by atoms with Gasteiger partial charge in [0.2, 0.25) is 0 Å².